The molecule has 1 aromatic carbocycles. The van der Waals surface area contributed by atoms with Gasteiger partial charge in [0.1, 0.15) is 0 Å². The van der Waals surface area contributed by atoms with Crippen molar-refractivity contribution in [2.24, 2.45) is 0 Å². The van der Waals surface area contributed by atoms with Crippen molar-refractivity contribution in [3.63, 3.8) is 0 Å². The highest BCUT2D eigenvalue weighted by Crippen LogP contribution is 2.32. The van der Waals surface area contributed by atoms with Gasteiger partial charge < -0.3 is 15.1 Å². The first-order valence-corrected chi connectivity index (χ1v) is 7.47. The number of benzene rings is 1. The fraction of sp³-hybridized carbons (Fsp3) is 0.412. The molecule has 116 valence electrons. The maximum Gasteiger partial charge on any atom is 0.335 e. The third-order valence-electron chi connectivity index (χ3n) is 4.49. The smallest absolute Gasteiger partial charge is 0.335 e. The van der Waals surface area contributed by atoms with Crippen LogP contribution in [0.25, 0.3) is 10.9 Å². The number of aryl methyl sites for hydroxylation is 2. The number of carboxylic acid groups (broad SMARTS) is 1. The average Bonchev–Trinajstić information content (AvgIpc) is 2.47. The van der Waals surface area contributed by atoms with Crippen molar-refractivity contribution in [1.29, 1.82) is 0 Å². The van der Waals surface area contributed by atoms with E-state index in [-0.39, 0.29) is 12.8 Å². The Morgan fingerprint density at radius 1 is 1.27 bits per heavy atom. The Morgan fingerprint density at radius 3 is 2.59 bits per heavy atom. The number of piperidine rings is 1. The molecule has 5 nitrogen and oxygen atoms in total. The highest BCUT2D eigenvalue weighted by atomic mass is 16.4. The lowest BCUT2D eigenvalue weighted by molar-refractivity contribution is -0.160. The number of pyridine rings is 1. The Kier molecular flexibility index (Phi) is 3.53. The highest BCUT2D eigenvalue weighted by Gasteiger charge is 2.39. The van der Waals surface area contributed by atoms with Crippen LogP contribution in [0.15, 0.2) is 24.4 Å². The third kappa shape index (κ3) is 2.41. The molecule has 1 aliphatic heterocycles. The number of carbonyl (C=O) groups is 1. The van der Waals surface area contributed by atoms with E-state index in [0.717, 1.165) is 22.2 Å². The Labute approximate surface area is 129 Å². The molecule has 3 rings (SSSR count). The second-order valence-electron chi connectivity index (χ2n) is 6.13. The first-order valence-electron chi connectivity index (χ1n) is 7.47. The van der Waals surface area contributed by atoms with Crippen LogP contribution in [-0.4, -0.2) is 39.9 Å². The number of anilines is 1. The lowest BCUT2D eigenvalue weighted by atomic mass is 9.91. The van der Waals surface area contributed by atoms with Crippen molar-refractivity contribution in [1.82, 2.24) is 4.98 Å². The van der Waals surface area contributed by atoms with Crippen LogP contribution in [0.4, 0.5) is 5.69 Å². The van der Waals surface area contributed by atoms with Crippen molar-refractivity contribution in [3.05, 3.63) is 35.5 Å². The van der Waals surface area contributed by atoms with Gasteiger partial charge >= 0.3 is 5.97 Å². The molecule has 0 amide bonds. The number of hydrogen-bond acceptors (Lipinski definition) is 4. The molecule has 1 fully saturated rings. The van der Waals surface area contributed by atoms with E-state index in [9.17, 15) is 9.90 Å². The maximum absolute atomic E-state index is 11.1. The van der Waals surface area contributed by atoms with Gasteiger partial charge in [0.05, 0.1) is 5.52 Å². The summed E-state index contributed by atoms with van der Waals surface area (Å²) in [6.07, 6.45) is 2.26. The molecule has 0 bridgehead atoms. The minimum atomic E-state index is -1.59. The van der Waals surface area contributed by atoms with Crippen LogP contribution in [0.1, 0.15) is 24.0 Å². The van der Waals surface area contributed by atoms with E-state index in [0.29, 0.717) is 13.1 Å². The molecule has 1 aliphatic rings. The van der Waals surface area contributed by atoms with Crippen molar-refractivity contribution in [2.45, 2.75) is 32.3 Å². The zero-order valence-corrected chi connectivity index (χ0v) is 12.8. The van der Waals surface area contributed by atoms with E-state index in [1.807, 2.05) is 13.0 Å². The van der Waals surface area contributed by atoms with E-state index in [1.165, 1.54) is 5.56 Å². The van der Waals surface area contributed by atoms with Crippen molar-refractivity contribution in [2.75, 3.05) is 18.0 Å². The normalized spacial score (nSPS) is 17.7. The number of hydrogen-bond donors (Lipinski definition) is 2. The van der Waals surface area contributed by atoms with Gasteiger partial charge in [-0.1, -0.05) is 11.6 Å². The van der Waals surface area contributed by atoms with E-state index in [2.05, 4.69) is 28.9 Å². The molecule has 1 saturated heterocycles. The summed E-state index contributed by atoms with van der Waals surface area (Å²) in [5.41, 5.74) is 2.76. The number of aromatic nitrogens is 1. The largest absolute Gasteiger partial charge is 0.479 e. The molecule has 0 radical (unpaired) electrons. The Morgan fingerprint density at radius 2 is 1.95 bits per heavy atom. The lowest BCUT2D eigenvalue weighted by Crippen LogP contribution is -2.49. The Hall–Kier alpha value is -2.14. The van der Waals surface area contributed by atoms with Gasteiger partial charge in [-0.2, -0.15) is 0 Å². The lowest BCUT2D eigenvalue weighted by Gasteiger charge is -2.37. The second kappa shape index (κ2) is 5.25. The standard InChI is InChI=1S/C17H20N2O3/c1-11-9-12(2)15-13(10-11)14(3-6-18-15)19-7-4-17(22,5-8-19)16(20)21/h3,6,9-10,22H,4-5,7-8H2,1-2H3,(H,20,21). The molecule has 0 unspecified atom stereocenters. The van der Waals surface area contributed by atoms with E-state index in [4.69, 9.17) is 5.11 Å². The molecule has 2 aromatic rings. The number of rotatable bonds is 2. The van der Waals surface area contributed by atoms with Crippen LogP contribution in [0, 0.1) is 13.8 Å². The fourth-order valence-corrected chi connectivity index (χ4v) is 3.21. The molecule has 2 N–H and O–H groups in total. The Bertz CT molecular complexity index is 734. The summed E-state index contributed by atoms with van der Waals surface area (Å²) < 4.78 is 0. The molecular formula is C17H20N2O3. The zero-order valence-electron chi connectivity index (χ0n) is 12.8. The predicted octanol–water partition coefficient (Wildman–Crippen LogP) is 2.27. The van der Waals surface area contributed by atoms with Crippen LogP contribution in [0.2, 0.25) is 0 Å². The molecule has 22 heavy (non-hydrogen) atoms. The first kappa shape index (κ1) is 14.8. The highest BCUT2D eigenvalue weighted by molar-refractivity contribution is 5.94. The summed E-state index contributed by atoms with van der Waals surface area (Å²) in [6.45, 7) is 5.15. The number of nitrogens with zero attached hydrogens (tertiary/aromatic N) is 2. The Balaban J connectivity index is 1.97. The van der Waals surface area contributed by atoms with Gasteiger partial charge in [0, 0.05) is 43.2 Å². The molecular weight excluding hydrogens is 280 g/mol. The van der Waals surface area contributed by atoms with Crippen LogP contribution in [-0.2, 0) is 4.79 Å². The number of aliphatic carboxylic acids is 1. The number of carboxylic acids is 1. The van der Waals surface area contributed by atoms with Gasteiger partial charge in [-0.25, -0.2) is 4.79 Å². The predicted molar refractivity (Wildman–Crippen MR) is 85.2 cm³/mol. The van der Waals surface area contributed by atoms with Gasteiger partial charge in [0.15, 0.2) is 5.60 Å². The summed E-state index contributed by atoms with van der Waals surface area (Å²) in [5.74, 6) is -1.13. The zero-order chi connectivity index (χ0) is 15.9. The molecule has 0 atom stereocenters. The monoisotopic (exact) mass is 300 g/mol. The fourth-order valence-electron chi connectivity index (χ4n) is 3.21. The minimum Gasteiger partial charge on any atom is -0.479 e. The molecule has 5 heteroatoms. The van der Waals surface area contributed by atoms with Crippen LogP contribution in [0.3, 0.4) is 0 Å². The van der Waals surface area contributed by atoms with Gasteiger partial charge in [-0.3, -0.25) is 4.98 Å². The second-order valence-corrected chi connectivity index (χ2v) is 6.13. The van der Waals surface area contributed by atoms with Crippen LogP contribution in [0.5, 0.6) is 0 Å². The molecule has 0 spiro atoms. The SMILES string of the molecule is Cc1cc(C)c2nccc(N3CCC(O)(C(=O)O)CC3)c2c1. The topological polar surface area (TPSA) is 73.7 Å². The van der Waals surface area contributed by atoms with E-state index >= 15 is 0 Å². The average molecular weight is 300 g/mol. The summed E-state index contributed by atoms with van der Waals surface area (Å²) >= 11 is 0. The van der Waals surface area contributed by atoms with Gasteiger partial charge in [-0.05, 0) is 31.5 Å². The van der Waals surface area contributed by atoms with E-state index < -0.39 is 11.6 Å². The number of fused-ring (bicyclic) bond motifs is 1. The van der Waals surface area contributed by atoms with E-state index in [1.54, 1.807) is 6.20 Å². The molecule has 0 aliphatic carbocycles. The summed E-state index contributed by atoms with van der Waals surface area (Å²) in [6, 6.07) is 6.19. The van der Waals surface area contributed by atoms with Gasteiger partial charge in [0.2, 0.25) is 0 Å². The summed E-state index contributed by atoms with van der Waals surface area (Å²) in [4.78, 5) is 17.7. The summed E-state index contributed by atoms with van der Waals surface area (Å²) in [7, 11) is 0. The van der Waals surface area contributed by atoms with Crippen LogP contribution < -0.4 is 4.90 Å². The summed E-state index contributed by atoms with van der Waals surface area (Å²) in [5, 5.41) is 20.3. The molecule has 0 saturated carbocycles. The van der Waals surface area contributed by atoms with Gasteiger partial charge in [-0.15, -0.1) is 0 Å². The maximum atomic E-state index is 11.1. The van der Waals surface area contributed by atoms with Crippen LogP contribution >= 0.6 is 0 Å². The quantitative estimate of drug-likeness (QED) is 0.890. The third-order valence-corrected chi connectivity index (χ3v) is 4.49. The van der Waals surface area contributed by atoms with Crippen molar-refractivity contribution >= 4 is 22.6 Å². The molecule has 2 heterocycles. The first-order chi connectivity index (χ1) is 10.4. The van der Waals surface area contributed by atoms with Gasteiger partial charge in [0.25, 0.3) is 0 Å². The minimum absolute atomic E-state index is 0.233. The van der Waals surface area contributed by atoms with Crippen molar-refractivity contribution < 1.29 is 15.0 Å². The molecule has 1 aromatic heterocycles. The van der Waals surface area contributed by atoms with Crippen molar-refractivity contribution in [3.8, 4) is 0 Å². The number of aliphatic hydroxyl groups is 1.